The third-order valence-electron chi connectivity index (χ3n) is 3.15. The summed E-state index contributed by atoms with van der Waals surface area (Å²) in [6.07, 6.45) is 5.31. The number of nitrogens with one attached hydrogen (secondary N) is 2. The maximum absolute atomic E-state index is 13.6. The number of aromatic nitrogens is 4. The predicted octanol–water partition coefficient (Wildman–Crippen LogP) is 1.47. The molecule has 2 heterocycles. The number of nitro groups is 1. The molecular formula is C14H10FN7O3. The van der Waals surface area contributed by atoms with Crippen molar-refractivity contribution >= 4 is 17.4 Å². The number of amides is 1. The SMILES string of the molecule is O=C(NNc1ncnc(-n2ccnc2)c1[N+](=O)[O-])c1ccccc1F. The second-order valence-corrected chi connectivity index (χ2v) is 4.68. The van der Waals surface area contributed by atoms with Gasteiger partial charge in [-0.05, 0) is 12.1 Å². The zero-order valence-electron chi connectivity index (χ0n) is 12.5. The van der Waals surface area contributed by atoms with Crippen LogP contribution in [-0.4, -0.2) is 30.3 Å². The third kappa shape index (κ3) is 3.24. The summed E-state index contributed by atoms with van der Waals surface area (Å²) in [5.41, 5.74) is 3.81. The van der Waals surface area contributed by atoms with Crippen molar-refractivity contribution in [3.05, 3.63) is 70.8 Å². The second-order valence-electron chi connectivity index (χ2n) is 4.68. The summed E-state index contributed by atoms with van der Waals surface area (Å²) >= 11 is 0. The van der Waals surface area contributed by atoms with Crippen LogP contribution >= 0.6 is 0 Å². The molecule has 0 aliphatic heterocycles. The van der Waals surface area contributed by atoms with Gasteiger partial charge in [-0.15, -0.1) is 0 Å². The molecule has 0 aliphatic rings. The van der Waals surface area contributed by atoms with Gasteiger partial charge in [0.25, 0.3) is 5.91 Å². The van der Waals surface area contributed by atoms with Crippen LogP contribution < -0.4 is 10.9 Å². The van der Waals surface area contributed by atoms with Crippen molar-refractivity contribution in [2.75, 3.05) is 5.43 Å². The first kappa shape index (κ1) is 16.0. The smallest absolute Gasteiger partial charge is 0.285 e. The Labute approximate surface area is 139 Å². The van der Waals surface area contributed by atoms with E-state index in [2.05, 4.69) is 25.8 Å². The van der Waals surface area contributed by atoms with Gasteiger partial charge in [0.15, 0.2) is 0 Å². The van der Waals surface area contributed by atoms with E-state index in [4.69, 9.17) is 0 Å². The average Bonchev–Trinajstić information content (AvgIpc) is 3.14. The standard InChI is InChI=1S/C14H10FN7O3/c15-10-4-2-1-3-9(10)14(23)20-19-12-11(22(24)25)13(18-7-17-12)21-6-5-16-8-21/h1-8H,(H,20,23)(H,17,18,19). The number of nitrogens with zero attached hydrogens (tertiary/aromatic N) is 5. The number of benzene rings is 1. The lowest BCUT2D eigenvalue weighted by atomic mass is 10.2. The molecule has 0 radical (unpaired) electrons. The zero-order chi connectivity index (χ0) is 17.8. The van der Waals surface area contributed by atoms with Gasteiger partial charge in [0.05, 0.1) is 10.5 Å². The van der Waals surface area contributed by atoms with Crippen molar-refractivity contribution in [3.63, 3.8) is 0 Å². The van der Waals surface area contributed by atoms with E-state index in [1.54, 1.807) is 0 Å². The molecule has 3 aromatic rings. The number of carbonyl (C=O) groups excluding carboxylic acids is 1. The summed E-state index contributed by atoms with van der Waals surface area (Å²) in [4.78, 5) is 34.1. The van der Waals surface area contributed by atoms with E-state index in [0.717, 1.165) is 12.4 Å². The third-order valence-corrected chi connectivity index (χ3v) is 3.15. The molecule has 0 unspecified atom stereocenters. The van der Waals surface area contributed by atoms with Gasteiger partial charge in [-0.25, -0.2) is 19.3 Å². The van der Waals surface area contributed by atoms with Gasteiger partial charge in [-0.1, -0.05) is 12.1 Å². The van der Waals surface area contributed by atoms with Crippen LogP contribution in [0.3, 0.4) is 0 Å². The first-order valence-electron chi connectivity index (χ1n) is 6.86. The maximum Gasteiger partial charge on any atom is 0.355 e. The van der Waals surface area contributed by atoms with Crippen molar-refractivity contribution in [3.8, 4) is 5.82 Å². The molecule has 0 fully saturated rings. The van der Waals surface area contributed by atoms with Crippen molar-refractivity contribution < 1.29 is 14.1 Å². The van der Waals surface area contributed by atoms with Gasteiger partial charge < -0.3 is 0 Å². The molecule has 1 amide bonds. The van der Waals surface area contributed by atoms with E-state index in [1.807, 2.05) is 0 Å². The van der Waals surface area contributed by atoms with Crippen molar-refractivity contribution in [2.24, 2.45) is 0 Å². The minimum atomic E-state index is -0.810. The van der Waals surface area contributed by atoms with Gasteiger partial charge in [0.1, 0.15) is 18.5 Å². The highest BCUT2D eigenvalue weighted by molar-refractivity contribution is 5.95. The van der Waals surface area contributed by atoms with Crippen molar-refractivity contribution in [2.45, 2.75) is 0 Å². The lowest BCUT2D eigenvalue weighted by molar-refractivity contribution is -0.384. The monoisotopic (exact) mass is 343 g/mol. The van der Waals surface area contributed by atoms with Crippen LogP contribution in [-0.2, 0) is 0 Å². The number of carbonyl (C=O) groups is 1. The second kappa shape index (κ2) is 6.70. The molecule has 0 atom stereocenters. The number of anilines is 1. The first-order chi connectivity index (χ1) is 12.1. The quantitative estimate of drug-likeness (QED) is 0.530. The lowest BCUT2D eigenvalue weighted by Gasteiger charge is -2.10. The zero-order valence-corrected chi connectivity index (χ0v) is 12.5. The number of rotatable bonds is 5. The van der Waals surface area contributed by atoms with E-state index in [0.29, 0.717) is 0 Å². The van der Waals surface area contributed by atoms with Gasteiger partial charge in [-0.3, -0.25) is 30.3 Å². The molecule has 3 rings (SSSR count). The summed E-state index contributed by atoms with van der Waals surface area (Å²) in [6, 6.07) is 5.32. The lowest BCUT2D eigenvalue weighted by Crippen LogP contribution is -2.31. The van der Waals surface area contributed by atoms with E-state index >= 15 is 0 Å². The summed E-state index contributed by atoms with van der Waals surface area (Å²) in [7, 11) is 0. The van der Waals surface area contributed by atoms with Gasteiger partial charge >= 0.3 is 5.69 Å². The van der Waals surface area contributed by atoms with E-state index in [9.17, 15) is 19.3 Å². The normalized spacial score (nSPS) is 10.3. The molecule has 126 valence electrons. The fourth-order valence-corrected chi connectivity index (χ4v) is 2.03. The van der Waals surface area contributed by atoms with Crippen molar-refractivity contribution in [1.29, 1.82) is 0 Å². The molecular weight excluding hydrogens is 333 g/mol. The Balaban J connectivity index is 1.88. The number of imidazole rings is 1. The highest BCUT2D eigenvalue weighted by atomic mass is 19.1. The Hall–Kier alpha value is -3.89. The largest absolute Gasteiger partial charge is 0.355 e. The molecule has 0 spiro atoms. The van der Waals surface area contributed by atoms with Crippen LogP contribution in [0.2, 0.25) is 0 Å². The minimum absolute atomic E-state index is 0.0415. The van der Waals surface area contributed by atoms with Crippen LogP contribution in [0, 0.1) is 15.9 Å². The van der Waals surface area contributed by atoms with Crippen LogP contribution in [0.25, 0.3) is 5.82 Å². The molecule has 0 bridgehead atoms. The fourth-order valence-electron chi connectivity index (χ4n) is 2.03. The summed E-state index contributed by atoms with van der Waals surface area (Å²) < 4.78 is 14.9. The van der Waals surface area contributed by atoms with E-state index in [-0.39, 0.29) is 17.2 Å². The Morgan fingerprint density at radius 2 is 2.08 bits per heavy atom. The summed E-state index contributed by atoms with van der Waals surface area (Å²) in [6.45, 7) is 0. The van der Waals surface area contributed by atoms with Crippen LogP contribution in [0.1, 0.15) is 10.4 Å². The van der Waals surface area contributed by atoms with E-state index < -0.39 is 22.3 Å². The number of halogens is 1. The molecule has 0 saturated heterocycles. The summed E-state index contributed by atoms with van der Waals surface area (Å²) in [5, 5.41) is 11.4. The Bertz CT molecular complexity index is 930. The molecule has 1 aromatic carbocycles. The topological polar surface area (TPSA) is 128 Å². The maximum atomic E-state index is 13.6. The molecule has 10 nitrogen and oxygen atoms in total. The molecule has 2 aromatic heterocycles. The predicted molar refractivity (Wildman–Crippen MR) is 83.3 cm³/mol. The van der Waals surface area contributed by atoms with Crippen LogP contribution in [0.4, 0.5) is 15.9 Å². The minimum Gasteiger partial charge on any atom is -0.285 e. The number of hydrogen-bond acceptors (Lipinski definition) is 7. The van der Waals surface area contributed by atoms with Gasteiger partial charge in [0.2, 0.25) is 11.6 Å². The molecule has 0 aliphatic carbocycles. The Morgan fingerprint density at radius 3 is 2.76 bits per heavy atom. The Kier molecular flexibility index (Phi) is 4.28. The summed E-state index contributed by atoms with van der Waals surface area (Å²) in [5.74, 6) is -1.83. The molecule has 25 heavy (non-hydrogen) atoms. The Morgan fingerprint density at radius 1 is 1.28 bits per heavy atom. The number of hydrazine groups is 1. The van der Waals surface area contributed by atoms with Gasteiger partial charge in [-0.2, -0.15) is 0 Å². The fraction of sp³-hybridized carbons (Fsp3) is 0. The molecule has 11 heteroatoms. The van der Waals surface area contributed by atoms with Crippen molar-refractivity contribution in [1.82, 2.24) is 24.9 Å². The first-order valence-corrected chi connectivity index (χ1v) is 6.86. The highest BCUT2D eigenvalue weighted by Crippen LogP contribution is 2.26. The highest BCUT2D eigenvalue weighted by Gasteiger charge is 2.24. The molecule has 2 N–H and O–H groups in total. The van der Waals surface area contributed by atoms with Crippen LogP contribution in [0.5, 0.6) is 0 Å². The molecule has 0 saturated carbocycles. The van der Waals surface area contributed by atoms with E-state index in [1.165, 1.54) is 41.5 Å². The van der Waals surface area contributed by atoms with Crippen LogP contribution in [0.15, 0.2) is 49.3 Å². The average molecular weight is 343 g/mol. The van der Waals surface area contributed by atoms with Gasteiger partial charge in [0, 0.05) is 12.4 Å². The number of hydrogen-bond donors (Lipinski definition) is 2.